The van der Waals surface area contributed by atoms with Crippen molar-refractivity contribution in [1.82, 2.24) is 9.78 Å². The third-order valence-corrected chi connectivity index (χ3v) is 3.08. The van der Waals surface area contributed by atoms with E-state index in [-0.39, 0.29) is 5.56 Å². The third kappa shape index (κ3) is 1.62. The topological polar surface area (TPSA) is 68.3 Å². The molecule has 1 N–H and O–H groups in total. The minimum absolute atomic E-state index is 0.190. The Morgan fingerprint density at radius 2 is 1.95 bits per heavy atom. The molecule has 1 aromatic carbocycles. The summed E-state index contributed by atoms with van der Waals surface area (Å²) in [4.78, 5) is 11.3. The predicted octanol–water partition coefficient (Wildman–Crippen LogP) is 2.93. The van der Waals surface area contributed by atoms with Crippen LogP contribution in [0.3, 0.4) is 0 Å². The predicted molar refractivity (Wildman–Crippen MR) is 69.8 cm³/mol. The molecule has 0 bridgehead atoms. The van der Waals surface area contributed by atoms with Crippen LogP contribution in [0.25, 0.3) is 16.8 Å². The van der Waals surface area contributed by atoms with Crippen molar-refractivity contribution in [3.63, 3.8) is 0 Å². The average Bonchev–Trinajstić information content (AvgIpc) is 2.87. The first-order chi connectivity index (χ1) is 9.09. The lowest BCUT2D eigenvalue weighted by Gasteiger charge is -2.00. The number of para-hydroxylation sites is 1. The number of carbonyl (C=O) groups is 1. The second kappa shape index (κ2) is 3.98. The van der Waals surface area contributed by atoms with Crippen molar-refractivity contribution in [1.29, 1.82) is 0 Å². The van der Waals surface area contributed by atoms with E-state index in [1.54, 1.807) is 18.5 Å². The number of fused-ring (bicyclic) bond motifs is 1. The van der Waals surface area contributed by atoms with Gasteiger partial charge in [-0.05, 0) is 26.0 Å². The number of aromatic carboxylic acids is 1. The van der Waals surface area contributed by atoms with Gasteiger partial charge in [0.15, 0.2) is 0 Å². The van der Waals surface area contributed by atoms with Gasteiger partial charge in [0.2, 0.25) is 5.71 Å². The molecule has 0 saturated heterocycles. The zero-order valence-electron chi connectivity index (χ0n) is 10.5. The van der Waals surface area contributed by atoms with Crippen LogP contribution >= 0.6 is 0 Å². The van der Waals surface area contributed by atoms with Crippen LogP contribution < -0.4 is 0 Å². The van der Waals surface area contributed by atoms with Gasteiger partial charge in [-0.2, -0.15) is 9.78 Å². The number of aryl methyl sites for hydroxylation is 2. The van der Waals surface area contributed by atoms with Gasteiger partial charge < -0.3 is 9.52 Å². The number of benzene rings is 1. The molecule has 0 fully saturated rings. The van der Waals surface area contributed by atoms with E-state index in [2.05, 4.69) is 5.10 Å². The number of furan rings is 1. The first-order valence-electron chi connectivity index (χ1n) is 5.87. The minimum Gasteiger partial charge on any atom is -0.478 e. The second-order valence-corrected chi connectivity index (χ2v) is 4.35. The van der Waals surface area contributed by atoms with E-state index in [9.17, 15) is 9.90 Å². The molecule has 0 atom stereocenters. The molecule has 0 aliphatic rings. The smallest absolute Gasteiger partial charge is 0.340 e. The first-order valence-corrected chi connectivity index (χ1v) is 5.87. The van der Waals surface area contributed by atoms with Gasteiger partial charge in [-0.1, -0.05) is 18.2 Å². The van der Waals surface area contributed by atoms with Gasteiger partial charge in [0, 0.05) is 0 Å². The second-order valence-electron chi connectivity index (χ2n) is 4.35. The molecular formula is C14H12N2O3. The number of nitrogens with zero attached hydrogens (tertiary/aromatic N) is 2. The Balaban J connectivity index is 2.36. The number of hydrogen-bond donors (Lipinski definition) is 1. The van der Waals surface area contributed by atoms with Crippen molar-refractivity contribution in [3.05, 3.63) is 47.3 Å². The van der Waals surface area contributed by atoms with Crippen LogP contribution in [0, 0.1) is 13.8 Å². The van der Waals surface area contributed by atoms with Crippen LogP contribution in [-0.2, 0) is 0 Å². The van der Waals surface area contributed by atoms with Crippen molar-refractivity contribution in [2.24, 2.45) is 0 Å². The largest absolute Gasteiger partial charge is 0.478 e. The average molecular weight is 256 g/mol. The Labute approximate surface area is 109 Å². The summed E-state index contributed by atoms with van der Waals surface area (Å²) in [5.74, 6) is -0.598. The van der Waals surface area contributed by atoms with E-state index in [4.69, 9.17) is 4.42 Å². The Morgan fingerprint density at radius 3 is 2.58 bits per heavy atom. The van der Waals surface area contributed by atoms with Crippen LogP contribution in [0.4, 0.5) is 0 Å². The molecule has 5 nitrogen and oxygen atoms in total. The fraction of sp³-hybridized carbons (Fsp3) is 0.143. The number of rotatable bonds is 2. The van der Waals surface area contributed by atoms with Gasteiger partial charge in [0.1, 0.15) is 11.3 Å². The monoisotopic (exact) mass is 256 g/mol. The lowest BCUT2D eigenvalue weighted by Crippen LogP contribution is -1.97. The molecule has 0 spiro atoms. The Morgan fingerprint density at radius 1 is 1.26 bits per heavy atom. The lowest BCUT2D eigenvalue weighted by atomic mass is 10.1. The molecule has 0 radical (unpaired) electrons. The Kier molecular flexibility index (Phi) is 2.41. The fourth-order valence-corrected chi connectivity index (χ4v) is 2.26. The summed E-state index contributed by atoms with van der Waals surface area (Å²) in [6.07, 6.45) is 0. The van der Waals surface area contributed by atoms with E-state index in [1.165, 1.54) is 0 Å². The van der Waals surface area contributed by atoms with Crippen molar-refractivity contribution in [2.75, 3.05) is 0 Å². The molecule has 0 unspecified atom stereocenters. The van der Waals surface area contributed by atoms with Crippen LogP contribution in [-0.4, -0.2) is 20.9 Å². The van der Waals surface area contributed by atoms with E-state index < -0.39 is 5.97 Å². The van der Waals surface area contributed by atoms with Gasteiger partial charge in [0.05, 0.1) is 16.8 Å². The summed E-state index contributed by atoms with van der Waals surface area (Å²) in [5.41, 5.74) is 2.15. The highest BCUT2D eigenvalue weighted by atomic mass is 16.4. The van der Waals surface area contributed by atoms with Gasteiger partial charge in [-0.3, -0.25) is 0 Å². The fourth-order valence-electron chi connectivity index (χ4n) is 2.26. The summed E-state index contributed by atoms with van der Waals surface area (Å²) in [6, 6.07) is 9.49. The molecule has 19 heavy (non-hydrogen) atoms. The lowest BCUT2D eigenvalue weighted by molar-refractivity contribution is 0.0697. The van der Waals surface area contributed by atoms with Crippen LogP contribution in [0.1, 0.15) is 21.8 Å². The molecule has 0 aliphatic heterocycles. The Hall–Kier alpha value is -2.56. The molecule has 96 valence electrons. The molecule has 3 rings (SSSR count). The molecule has 5 heteroatoms. The van der Waals surface area contributed by atoms with Gasteiger partial charge in [-0.25, -0.2) is 4.79 Å². The highest BCUT2D eigenvalue weighted by Crippen LogP contribution is 2.30. The Bertz CT molecular complexity index is 769. The number of carboxylic acid groups (broad SMARTS) is 1. The minimum atomic E-state index is -0.994. The van der Waals surface area contributed by atoms with Crippen molar-refractivity contribution in [2.45, 2.75) is 13.8 Å². The van der Waals surface area contributed by atoms with Crippen LogP contribution in [0.15, 0.2) is 34.7 Å². The van der Waals surface area contributed by atoms with E-state index in [1.807, 2.05) is 30.3 Å². The summed E-state index contributed by atoms with van der Waals surface area (Å²) in [5, 5.41) is 14.2. The van der Waals surface area contributed by atoms with Gasteiger partial charge in [0.25, 0.3) is 0 Å². The summed E-state index contributed by atoms with van der Waals surface area (Å²) < 4.78 is 7.22. The highest BCUT2D eigenvalue weighted by molar-refractivity contribution is 6.04. The zero-order valence-corrected chi connectivity index (χ0v) is 10.5. The molecule has 2 aromatic heterocycles. The highest BCUT2D eigenvalue weighted by Gasteiger charge is 2.24. The number of hydrogen-bond acceptors (Lipinski definition) is 3. The number of carboxylic acids is 1. The SMILES string of the molecule is Cc1oc2c(c(C)nn2-c2ccccc2)c1C(=O)O. The maximum Gasteiger partial charge on any atom is 0.340 e. The van der Waals surface area contributed by atoms with E-state index in [0.29, 0.717) is 22.6 Å². The van der Waals surface area contributed by atoms with Crippen LogP contribution in [0.2, 0.25) is 0 Å². The molecule has 0 saturated carbocycles. The van der Waals surface area contributed by atoms with Crippen LogP contribution in [0.5, 0.6) is 0 Å². The molecule has 0 aliphatic carbocycles. The van der Waals surface area contributed by atoms with E-state index in [0.717, 1.165) is 5.69 Å². The number of aromatic nitrogens is 2. The normalized spacial score (nSPS) is 11.1. The molecule has 0 amide bonds. The summed E-state index contributed by atoms with van der Waals surface area (Å²) >= 11 is 0. The van der Waals surface area contributed by atoms with Crippen molar-refractivity contribution in [3.8, 4) is 5.69 Å². The molecule has 2 heterocycles. The maximum atomic E-state index is 11.3. The van der Waals surface area contributed by atoms with Crippen molar-refractivity contribution < 1.29 is 14.3 Å². The summed E-state index contributed by atoms with van der Waals surface area (Å²) in [7, 11) is 0. The van der Waals surface area contributed by atoms with Crippen molar-refractivity contribution >= 4 is 17.1 Å². The summed E-state index contributed by atoms with van der Waals surface area (Å²) in [6.45, 7) is 3.43. The van der Waals surface area contributed by atoms with E-state index >= 15 is 0 Å². The molecular weight excluding hydrogens is 244 g/mol. The first kappa shape index (κ1) is 11.5. The molecule has 3 aromatic rings. The third-order valence-electron chi connectivity index (χ3n) is 3.08. The van der Waals surface area contributed by atoms with Gasteiger partial charge >= 0.3 is 5.97 Å². The zero-order chi connectivity index (χ0) is 13.6. The van der Waals surface area contributed by atoms with Gasteiger partial charge in [-0.15, -0.1) is 0 Å². The quantitative estimate of drug-likeness (QED) is 0.765. The standard InChI is InChI=1S/C14H12N2O3/c1-8-11-12(14(17)18)9(2)19-13(11)16(15-8)10-6-4-3-5-7-10/h3-7H,1-2H3,(H,17,18). The maximum absolute atomic E-state index is 11.3.